The molecule has 0 saturated heterocycles. The molecule has 0 aliphatic heterocycles. The summed E-state index contributed by atoms with van der Waals surface area (Å²) in [6.45, 7) is 0.890. The molecule has 2 aromatic carbocycles. The normalized spacial score (nSPS) is 12.5. The fourth-order valence-electron chi connectivity index (χ4n) is 2.62. The Morgan fingerprint density at radius 3 is 2.46 bits per heavy atom. The standard InChI is InChI=1S/C19H17F3N2O3S/c1-26-10-9-24-15-8-7-14(27-2)11-16(15)28-18(24)23-17(25)12-3-5-13(6-4-12)19(20,21)22/h3-8,11H,9-10H2,1-2H3. The number of amides is 1. The Labute approximate surface area is 162 Å². The van der Waals surface area contributed by atoms with Crippen LogP contribution in [0, 0.1) is 0 Å². The molecule has 3 aromatic rings. The maximum atomic E-state index is 12.7. The minimum absolute atomic E-state index is 0.0846. The first kappa shape index (κ1) is 20.1. The van der Waals surface area contributed by atoms with E-state index in [1.165, 1.54) is 11.3 Å². The topological polar surface area (TPSA) is 52.8 Å². The van der Waals surface area contributed by atoms with E-state index in [1.807, 2.05) is 16.7 Å². The number of fused-ring (bicyclic) bond motifs is 1. The van der Waals surface area contributed by atoms with Crippen LogP contribution in [0.1, 0.15) is 15.9 Å². The molecule has 148 valence electrons. The molecule has 0 aliphatic carbocycles. The van der Waals surface area contributed by atoms with Crippen LogP contribution in [0.3, 0.4) is 0 Å². The lowest BCUT2D eigenvalue weighted by atomic mass is 10.1. The smallest absolute Gasteiger partial charge is 0.416 e. The molecule has 0 unspecified atom stereocenters. The van der Waals surface area contributed by atoms with Gasteiger partial charge in [-0.1, -0.05) is 11.3 Å². The van der Waals surface area contributed by atoms with Crippen LogP contribution in [0.4, 0.5) is 13.2 Å². The number of thiazole rings is 1. The van der Waals surface area contributed by atoms with Crippen LogP contribution < -0.4 is 9.54 Å². The molecule has 0 bridgehead atoms. The first-order valence-electron chi connectivity index (χ1n) is 8.26. The molecule has 0 saturated carbocycles. The van der Waals surface area contributed by atoms with Crippen LogP contribution in [0.5, 0.6) is 5.75 Å². The third-order valence-corrected chi connectivity index (χ3v) is 5.11. The molecular formula is C19H17F3N2O3S. The number of carbonyl (C=O) groups is 1. The van der Waals surface area contributed by atoms with Crippen molar-refractivity contribution in [1.29, 1.82) is 0 Å². The van der Waals surface area contributed by atoms with E-state index in [-0.39, 0.29) is 5.56 Å². The van der Waals surface area contributed by atoms with E-state index in [0.29, 0.717) is 23.7 Å². The van der Waals surface area contributed by atoms with Crippen molar-refractivity contribution in [1.82, 2.24) is 4.57 Å². The molecule has 0 N–H and O–H groups in total. The van der Waals surface area contributed by atoms with Crippen molar-refractivity contribution in [3.8, 4) is 5.75 Å². The molecule has 1 heterocycles. The van der Waals surface area contributed by atoms with Gasteiger partial charge in [0.1, 0.15) is 5.75 Å². The summed E-state index contributed by atoms with van der Waals surface area (Å²) < 4.78 is 51.1. The summed E-state index contributed by atoms with van der Waals surface area (Å²) in [5.41, 5.74) is 0.135. The molecule has 0 atom stereocenters. The van der Waals surface area contributed by atoms with Crippen LogP contribution in [0.15, 0.2) is 47.5 Å². The number of halogens is 3. The Hall–Kier alpha value is -2.65. The highest BCUT2D eigenvalue weighted by atomic mass is 32.1. The lowest BCUT2D eigenvalue weighted by molar-refractivity contribution is -0.137. The van der Waals surface area contributed by atoms with Crippen LogP contribution in [-0.2, 0) is 17.5 Å². The zero-order valence-electron chi connectivity index (χ0n) is 15.1. The lowest BCUT2D eigenvalue weighted by Gasteiger charge is -2.06. The average Bonchev–Trinajstić information content (AvgIpc) is 3.01. The second-order valence-corrected chi connectivity index (χ2v) is 6.86. The van der Waals surface area contributed by atoms with Crippen molar-refractivity contribution in [3.05, 3.63) is 58.4 Å². The number of hydrogen-bond donors (Lipinski definition) is 0. The number of alkyl halides is 3. The van der Waals surface area contributed by atoms with Crippen molar-refractivity contribution < 1.29 is 27.4 Å². The first-order valence-corrected chi connectivity index (χ1v) is 9.08. The molecular weight excluding hydrogens is 393 g/mol. The van der Waals surface area contributed by atoms with Gasteiger partial charge in [-0.2, -0.15) is 18.2 Å². The number of rotatable bonds is 5. The fourth-order valence-corrected chi connectivity index (χ4v) is 3.70. The van der Waals surface area contributed by atoms with E-state index in [4.69, 9.17) is 9.47 Å². The summed E-state index contributed by atoms with van der Waals surface area (Å²) in [6, 6.07) is 9.51. The fraction of sp³-hybridized carbons (Fsp3) is 0.263. The maximum absolute atomic E-state index is 12.7. The van der Waals surface area contributed by atoms with Gasteiger partial charge in [-0.3, -0.25) is 4.79 Å². The summed E-state index contributed by atoms with van der Waals surface area (Å²) in [4.78, 5) is 17.1. The van der Waals surface area contributed by atoms with E-state index in [0.717, 1.165) is 34.5 Å². The highest BCUT2D eigenvalue weighted by Gasteiger charge is 2.30. The highest BCUT2D eigenvalue weighted by molar-refractivity contribution is 7.16. The number of benzene rings is 2. The molecule has 28 heavy (non-hydrogen) atoms. The monoisotopic (exact) mass is 410 g/mol. The highest BCUT2D eigenvalue weighted by Crippen LogP contribution is 2.29. The van der Waals surface area contributed by atoms with Gasteiger partial charge in [0.2, 0.25) is 0 Å². The third kappa shape index (κ3) is 4.26. The largest absolute Gasteiger partial charge is 0.497 e. The minimum Gasteiger partial charge on any atom is -0.497 e. The SMILES string of the molecule is COCCn1c(=NC(=O)c2ccc(C(F)(F)F)cc2)sc2cc(OC)ccc21. The van der Waals surface area contributed by atoms with Crippen LogP contribution in [-0.4, -0.2) is 31.3 Å². The molecule has 3 rings (SSSR count). The minimum atomic E-state index is -4.45. The van der Waals surface area contributed by atoms with E-state index >= 15 is 0 Å². The Morgan fingerprint density at radius 2 is 1.86 bits per heavy atom. The zero-order valence-corrected chi connectivity index (χ0v) is 15.9. The summed E-state index contributed by atoms with van der Waals surface area (Å²) in [6.07, 6.45) is -4.45. The van der Waals surface area contributed by atoms with Crippen molar-refractivity contribution in [2.75, 3.05) is 20.8 Å². The number of aromatic nitrogens is 1. The first-order chi connectivity index (χ1) is 13.3. The predicted molar refractivity (Wildman–Crippen MR) is 99.6 cm³/mol. The van der Waals surface area contributed by atoms with Crippen molar-refractivity contribution in [2.45, 2.75) is 12.7 Å². The second kappa shape index (κ2) is 8.15. The van der Waals surface area contributed by atoms with Gasteiger partial charge in [0, 0.05) is 19.2 Å². The maximum Gasteiger partial charge on any atom is 0.416 e. The average molecular weight is 410 g/mol. The van der Waals surface area contributed by atoms with Gasteiger partial charge in [-0.25, -0.2) is 0 Å². The van der Waals surface area contributed by atoms with Crippen molar-refractivity contribution in [3.63, 3.8) is 0 Å². The Kier molecular flexibility index (Phi) is 5.85. The Bertz CT molecular complexity index is 1050. The van der Waals surface area contributed by atoms with Crippen molar-refractivity contribution in [2.24, 2.45) is 4.99 Å². The van der Waals surface area contributed by atoms with Gasteiger partial charge >= 0.3 is 6.18 Å². The Balaban J connectivity index is 2.02. The van der Waals surface area contributed by atoms with E-state index in [1.54, 1.807) is 20.3 Å². The summed E-state index contributed by atoms with van der Waals surface area (Å²) in [5, 5.41) is 0. The molecule has 1 aromatic heterocycles. The molecule has 0 spiro atoms. The van der Waals surface area contributed by atoms with Crippen LogP contribution in [0.2, 0.25) is 0 Å². The van der Waals surface area contributed by atoms with Gasteiger partial charge in [0.05, 0.1) is 29.5 Å². The number of carbonyl (C=O) groups excluding carboxylic acids is 1. The molecule has 1 amide bonds. The van der Waals surface area contributed by atoms with E-state index < -0.39 is 17.6 Å². The van der Waals surface area contributed by atoms with E-state index in [9.17, 15) is 18.0 Å². The van der Waals surface area contributed by atoms with Crippen molar-refractivity contribution >= 4 is 27.5 Å². The number of hydrogen-bond acceptors (Lipinski definition) is 4. The number of ether oxygens (including phenoxy) is 2. The van der Waals surface area contributed by atoms with Gasteiger partial charge in [-0.05, 0) is 42.5 Å². The molecule has 0 aliphatic rings. The van der Waals surface area contributed by atoms with Crippen LogP contribution >= 0.6 is 11.3 Å². The predicted octanol–water partition coefficient (Wildman–Crippen LogP) is 4.12. The summed E-state index contributed by atoms with van der Waals surface area (Å²) >= 11 is 1.29. The second-order valence-electron chi connectivity index (χ2n) is 5.85. The zero-order chi connectivity index (χ0) is 20.3. The number of methoxy groups -OCH3 is 2. The molecule has 0 fully saturated rings. The summed E-state index contributed by atoms with van der Waals surface area (Å²) in [5.74, 6) is 0.0617. The molecule has 5 nitrogen and oxygen atoms in total. The quantitative estimate of drug-likeness (QED) is 0.636. The molecule has 0 radical (unpaired) electrons. The third-order valence-electron chi connectivity index (χ3n) is 4.07. The van der Waals surface area contributed by atoms with Crippen LogP contribution in [0.25, 0.3) is 10.2 Å². The molecule has 9 heteroatoms. The van der Waals surface area contributed by atoms with Gasteiger partial charge in [0.15, 0.2) is 4.80 Å². The van der Waals surface area contributed by atoms with E-state index in [2.05, 4.69) is 4.99 Å². The van der Waals surface area contributed by atoms with Gasteiger partial charge in [-0.15, -0.1) is 0 Å². The lowest BCUT2D eigenvalue weighted by Crippen LogP contribution is -2.19. The van der Waals surface area contributed by atoms with Gasteiger partial charge in [0.25, 0.3) is 5.91 Å². The Morgan fingerprint density at radius 1 is 1.14 bits per heavy atom. The summed E-state index contributed by atoms with van der Waals surface area (Å²) in [7, 11) is 3.13. The van der Waals surface area contributed by atoms with Gasteiger partial charge < -0.3 is 14.0 Å². The number of nitrogens with zero attached hydrogens (tertiary/aromatic N) is 2.